The van der Waals surface area contributed by atoms with E-state index in [9.17, 15) is 0 Å². The molecule has 0 amide bonds. The maximum atomic E-state index is 5.10. The van der Waals surface area contributed by atoms with Gasteiger partial charge in [-0.2, -0.15) is 0 Å². The van der Waals surface area contributed by atoms with Gasteiger partial charge in [0.1, 0.15) is 0 Å². The Bertz CT molecular complexity index is 1980. The molecule has 0 bridgehead atoms. The first-order valence-corrected chi connectivity index (χ1v) is 12.5. The van der Waals surface area contributed by atoms with Crippen molar-refractivity contribution < 1.29 is 0 Å². The maximum absolute atomic E-state index is 5.10. The van der Waals surface area contributed by atoms with Crippen molar-refractivity contribution in [2.75, 3.05) is 0 Å². The summed E-state index contributed by atoms with van der Waals surface area (Å²) in [6.45, 7) is 0. The Morgan fingerprint density at radius 2 is 1.19 bits per heavy atom. The van der Waals surface area contributed by atoms with Gasteiger partial charge in [0, 0.05) is 49.4 Å². The van der Waals surface area contributed by atoms with E-state index in [1.54, 1.807) is 0 Å². The molecule has 8 rings (SSSR count). The number of aliphatic imine (C=N–C) groups is 1. The first kappa shape index (κ1) is 20.1. The van der Waals surface area contributed by atoms with Crippen LogP contribution in [0.25, 0.3) is 55.7 Å². The molecule has 0 aliphatic carbocycles. The number of rotatable bonds is 3. The molecular formula is C33H22N4. The number of fused-ring (bicyclic) bond motifs is 4. The number of allylic oxidation sites excluding steroid dienone is 1. The van der Waals surface area contributed by atoms with E-state index in [4.69, 9.17) is 4.99 Å². The largest absolute Gasteiger partial charge is 0.353 e. The molecule has 4 aromatic carbocycles. The molecule has 4 heterocycles. The minimum absolute atomic E-state index is 0.963. The van der Waals surface area contributed by atoms with Gasteiger partial charge in [0.15, 0.2) is 0 Å². The van der Waals surface area contributed by atoms with Crippen molar-refractivity contribution in [3.63, 3.8) is 0 Å². The number of hydrogen-bond donors (Lipinski definition) is 3. The lowest BCUT2D eigenvalue weighted by Gasteiger charge is -2.06. The van der Waals surface area contributed by atoms with Gasteiger partial charge in [-0.3, -0.25) is 0 Å². The summed E-state index contributed by atoms with van der Waals surface area (Å²) in [7, 11) is 0. The van der Waals surface area contributed by atoms with Crippen LogP contribution in [0.2, 0.25) is 0 Å². The van der Waals surface area contributed by atoms with Crippen LogP contribution >= 0.6 is 0 Å². The fraction of sp³-hybridized carbons (Fsp3) is 0. The van der Waals surface area contributed by atoms with E-state index in [0.717, 1.165) is 61.7 Å². The van der Waals surface area contributed by atoms with Crippen LogP contribution in [-0.4, -0.2) is 20.7 Å². The van der Waals surface area contributed by atoms with E-state index < -0.39 is 0 Å². The molecule has 1 aliphatic heterocycles. The van der Waals surface area contributed by atoms with Crippen molar-refractivity contribution in [1.82, 2.24) is 15.0 Å². The Morgan fingerprint density at radius 3 is 1.97 bits per heavy atom. The fourth-order valence-corrected chi connectivity index (χ4v) is 5.54. The lowest BCUT2D eigenvalue weighted by molar-refractivity contribution is 1.37. The van der Waals surface area contributed by atoms with Gasteiger partial charge < -0.3 is 15.0 Å². The van der Waals surface area contributed by atoms with Crippen molar-refractivity contribution in [2.24, 2.45) is 4.99 Å². The van der Waals surface area contributed by atoms with E-state index in [1.807, 2.05) is 0 Å². The lowest BCUT2D eigenvalue weighted by atomic mass is 9.96. The van der Waals surface area contributed by atoms with Gasteiger partial charge in [-0.15, -0.1) is 0 Å². The smallest absolute Gasteiger partial charge is 0.0951 e. The number of benzene rings is 4. The molecule has 3 N–H and O–H groups in total. The second-order valence-corrected chi connectivity index (χ2v) is 9.54. The van der Waals surface area contributed by atoms with E-state index in [2.05, 4.69) is 130 Å². The molecule has 1 aliphatic rings. The van der Waals surface area contributed by atoms with Gasteiger partial charge >= 0.3 is 0 Å². The Balaban J connectivity index is 1.38. The summed E-state index contributed by atoms with van der Waals surface area (Å²) >= 11 is 0. The standard InChI is InChI=1S/C33H22N4/c1-5-13-26-20(9-1)17-30(34-26)32-24(22-11-3-7-15-28(22)36-32)19-25-23-12-4-8-16-29(23)37-33(25)31-18-21-10-2-6-14-27(21)35-31/h1-19,34-36H/b25-19+. The predicted octanol–water partition coefficient (Wildman–Crippen LogP) is 8.47. The second kappa shape index (κ2) is 7.70. The average Bonchev–Trinajstić information content (AvgIpc) is 3.71. The first-order chi connectivity index (χ1) is 18.3. The number of nitrogens with one attached hydrogen (secondary N) is 3. The van der Waals surface area contributed by atoms with Crippen LogP contribution in [0.3, 0.4) is 0 Å². The molecular weight excluding hydrogens is 452 g/mol. The summed E-state index contributed by atoms with van der Waals surface area (Å²) in [5, 5.41) is 3.56. The monoisotopic (exact) mass is 474 g/mol. The van der Waals surface area contributed by atoms with Gasteiger partial charge in [0.25, 0.3) is 0 Å². The van der Waals surface area contributed by atoms with Crippen molar-refractivity contribution in [1.29, 1.82) is 0 Å². The second-order valence-electron chi connectivity index (χ2n) is 9.54. The number of H-pyrrole nitrogens is 3. The zero-order valence-electron chi connectivity index (χ0n) is 19.9. The molecule has 4 heteroatoms. The SMILES string of the molecule is C(=C1\C(c2cc3ccccc3[nH]2)=Nc2ccccc21)/c1c(-c2cc3ccccc3[nH]2)[nH]c2ccccc12. The van der Waals surface area contributed by atoms with Gasteiger partial charge in [0.2, 0.25) is 0 Å². The molecule has 0 spiro atoms. The third-order valence-corrected chi connectivity index (χ3v) is 7.30. The number of aromatic amines is 3. The highest BCUT2D eigenvalue weighted by molar-refractivity contribution is 6.39. The lowest BCUT2D eigenvalue weighted by Crippen LogP contribution is -2.00. The summed E-state index contributed by atoms with van der Waals surface area (Å²) in [5.74, 6) is 0. The molecule has 0 saturated carbocycles. The topological polar surface area (TPSA) is 59.7 Å². The Kier molecular flexibility index (Phi) is 4.19. The molecule has 0 fully saturated rings. The molecule has 4 nitrogen and oxygen atoms in total. The van der Waals surface area contributed by atoms with Crippen LogP contribution in [0.4, 0.5) is 5.69 Å². The van der Waals surface area contributed by atoms with Gasteiger partial charge in [-0.1, -0.05) is 72.8 Å². The van der Waals surface area contributed by atoms with Crippen LogP contribution in [0.5, 0.6) is 0 Å². The third kappa shape index (κ3) is 3.13. The predicted molar refractivity (Wildman–Crippen MR) is 154 cm³/mol. The summed E-state index contributed by atoms with van der Waals surface area (Å²) in [4.78, 5) is 16.0. The average molecular weight is 475 g/mol. The first-order valence-electron chi connectivity index (χ1n) is 12.5. The van der Waals surface area contributed by atoms with Gasteiger partial charge in [-0.25, -0.2) is 4.99 Å². The Morgan fingerprint density at radius 1 is 0.568 bits per heavy atom. The van der Waals surface area contributed by atoms with Crippen molar-refractivity contribution >= 4 is 55.8 Å². The highest BCUT2D eigenvalue weighted by Crippen LogP contribution is 2.41. The summed E-state index contributed by atoms with van der Waals surface area (Å²) in [6, 6.07) is 38.1. The molecule has 0 atom stereocenters. The number of para-hydroxylation sites is 4. The van der Waals surface area contributed by atoms with Crippen LogP contribution in [0.1, 0.15) is 16.8 Å². The van der Waals surface area contributed by atoms with Crippen LogP contribution in [-0.2, 0) is 0 Å². The van der Waals surface area contributed by atoms with E-state index in [0.29, 0.717) is 0 Å². The van der Waals surface area contributed by atoms with Crippen molar-refractivity contribution in [3.8, 4) is 11.4 Å². The highest BCUT2D eigenvalue weighted by atomic mass is 14.8. The maximum Gasteiger partial charge on any atom is 0.0951 e. The number of nitrogens with zero attached hydrogens (tertiary/aromatic N) is 1. The zero-order chi connectivity index (χ0) is 24.3. The van der Waals surface area contributed by atoms with E-state index in [-0.39, 0.29) is 0 Å². The summed E-state index contributed by atoms with van der Waals surface area (Å²) < 4.78 is 0. The van der Waals surface area contributed by atoms with E-state index in [1.165, 1.54) is 16.2 Å². The molecule has 0 saturated heterocycles. The molecule has 7 aromatic rings. The molecule has 174 valence electrons. The quantitative estimate of drug-likeness (QED) is 0.230. The van der Waals surface area contributed by atoms with Crippen molar-refractivity contribution in [3.05, 3.63) is 126 Å². The van der Waals surface area contributed by atoms with Crippen LogP contribution in [0, 0.1) is 0 Å². The Labute approximate surface area is 213 Å². The van der Waals surface area contributed by atoms with Crippen LogP contribution in [0.15, 0.2) is 114 Å². The fourth-order valence-electron chi connectivity index (χ4n) is 5.54. The highest BCUT2D eigenvalue weighted by Gasteiger charge is 2.25. The molecule has 0 radical (unpaired) electrons. The minimum atomic E-state index is 0.963. The summed E-state index contributed by atoms with van der Waals surface area (Å²) in [6.07, 6.45) is 2.30. The Hall–Kier alpha value is -5.09. The zero-order valence-corrected chi connectivity index (χ0v) is 19.9. The normalized spacial score (nSPS) is 14.2. The van der Waals surface area contributed by atoms with Crippen molar-refractivity contribution in [2.45, 2.75) is 0 Å². The van der Waals surface area contributed by atoms with E-state index >= 15 is 0 Å². The molecule has 3 aromatic heterocycles. The number of aromatic nitrogens is 3. The molecule has 0 unspecified atom stereocenters. The molecule has 37 heavy (non-hydrogen) atoms. The van der Waals surface area contributed by atoms with Gasteiger partial charge in [0.05, 0.1) is 28.5 Å². The van der Waals surface area contributed by atoms with Gasteiger partial charge in [-0.05, 0) is 42.5 Å². The minimum Gasteiger partial charge on any atom is -0.353 e. The third-order valence-electron chi connectivity index (χ3n) is 7.30. The number of hydrogen-bond acceptors (Lipinski definition) is 1. The summed E-state index contributed by atoms with van der Waals surface area (Å²) in [5.41, 5.74) is 11.9. The van der Waals surface area contributed by atoms with Crippen LogP contribution < -0.4 is 0 Å².